The molecule has 0 amide bonds. The number of carboxylic acid groups (broad SMARTS) is 1. The maximum Gasteiger partial charge on any atom is 0.339 e. The first-order valence-corrected chi connectivity index (χ1v) is 8.45. The average molecular weight is 362 g/mol. The molecule has 0 radical (unpaired) electrons. The summed E-state index contributed by atoms with van der Waals surface area (Å²) in [5.41, 5.74) is 0.0575. The molecule has 4 nitrogen and oxygen atoms in total. The van der Waals surface area contributed by atoms with Gasteiger partial charge < -0.3 is 9.84 Å². The van der Waals surface area contributed by atoms with Gasteiger partial charge in [-0.2, -0.15) is 0 Å². The number of esters is 1. The monoisotopic (exact) mass is 362 g/mol. The second kappa shape index (κ2) is 9.08. The Morgan fingerprint density at radius 2 is 1.81 bits per heavy atom. The molecular weight excluding hydrogens is 342 g/mol. The first kappa shape index (κ1) is 19.6. The topological polar surface area (TPSA) is 63.6 Å². The standard InChI is InChI=1S/C20H20F2O4/c1-2-3-4-5-6-19(23)26-18-10-7-13(11-16(18)20(24)25)15-9-8-14(21)12-17(15)22/h7-12H,2-6H2,1H3,(H,24,25). The third kappa shape index (κ3) is 5.12. The van der Waals surface area contributed by atoms with Gasteiger partial charge in [0.15, 0.2) is 0 Å². The van der Waals surface area contributed by atoms with Gasteiger partial charge in [-0.05, 0) is 36.2 Å². The van der Waals surface area contributed by atoms with Crippen molar-refractivity contribution in [3.8, 4) is 16.9 Å². The van der Waals surface area contributed by atoms with Crippen molar-refractivity contribution in [2.24, 2.45) is 0 Å². The maximum absolute atomic E-state index is 13.9. The van der Waals surface area contributed by atoms with Crippen molar-refractivity contribution in [2.45, 2.75) is 39.0 Å². The number of hydrogen-bond donors (Lipinski definition) is 1. The van der Waals surface area contributed by atoms with Crippen LogP contribution in [-0.2, 0) is 4.79 Å². The van der Waals surface area contributed by atoms with E-state index in [-0.39, 0.29) is 28.9 Å². The summed E-state index contributed by atoms with van der Waals surface area (Å²) in [6, 6.07) is 6.99. The number of halogens is 2. The van der Waals surface area contributed by atoms with Gasteiger partial charge >= 0.3 is 11.9 Å². The van der Waals surface area contributed by atoms with Gasteiger partial charge in [-0.25, -0.2) is 13.6 Å². The van der Waals surface area contributed by atoms with Gasteiger partial charge in [0, 0.05) is 18.1 Å². The Kier molecular flexibility index (Phi) is 6.83. The lowest BCUT2D eigenvalue weighted by molar-refractivity contribution is -0.134. The minimum absolute atomic E-state index is 0.0614. The zero-order valence-corrected chi connectivity index (χ0v) is 14.4. The SMILES string of the molecule is CCCCCCC(=O)Oc1ccc(-c2ccc(F)cc2F)cc1C(=O)O. The Morgan fingerprint density at radius 1 is 1.04 bits per heavy atom. The van der Waals surface area contributed by atoms with E-state index in [2.05, 4.69) is 6.92 Å². The van der Waals surface area contributed by atoms with E-state index in [0.29, 0.717) is 6.42 Å². The minimum atomic E-state index is -1.30. The van der Waals surface area contributed by atoms with E-state index in [1.807, 2.05) is 0 Å². The molecule has 0 aliphatic rings. The van der Waals surface area contributed by atoms with Gasteiger partial charge in [-0.3, -0.25) is 4.79 Å². The first-order chi connectivity index (χ1) is 12.4. The Hall–Kier alpha value is -2.76. The van der Waals surface area contributed by atoms with E-state index in [9.17, 15) is 23.5 Å². The van der Waals surface area contributed by atoms with E-state index in [1.165, 1.54) is 24.3 Å². The van der Waals surface area contributed by atoms with Gasteiger partial charge in [0.2, 0.25) is 0 Å². The van der Waals surface area contributed by atoms with E-state index in [4.69, 9.17) is 4.74 Å². The van der Waals surface area contributed by atoms with Crippen molar-refractivity contribution in [2.75, 3.05) is 0 Å². The minimum Gasteiger partial charge on any atom is -0.478 e. The van der Waals surface area contributed by atoms with Crippen molar-refractivity contribution in [3.05, 3.63) is 53.6 Å². The molecule has 26 heavy (non-hydrogen) atoms. The number of ether oxygens (including phenoxy) is 1. The highest BCUT2D eigenvalue weighted by Crippen LogP contribution is 2.29. The van der Waals surface area contributed by atoms with Crippen LogP contribution in [0, 0.1) is 11.6 Å². The van der Waals surface area contributed by atoms with Crippen molar-refractivity contribution < 1.29 is 28.2 Å². The Bertz CT molecular complexity index is 802. The maximum atomic E-state index is 13.9. The van der Waals surface area contributed by atoms with Gasteiger partial charge in [0.05, 0.1) is 0 Å². The zero-order chi connectivity index (χ0) is 19.1. The van der Waals surface area contributed by atoms with Crippen LogP contribution in [-0.4, -0.2) is 17.0 Å². The van der Waals surface area contributed by atoms with E-state index in [1.54, 1.807) is 0 Å². The molecule has 0 fully saturated rings. The van der Waals surface area contributed by atoms with Crippen molar-refractivity contribution in [1.29, 1.82) is 0 Å². The smallest absolute Gasteiger partial charge is 0.339 e. The van der Waals surface area contributed by atoms with Gasteiger partial charge in [-0.15, -0.1) is 0 Å². The molecule has 0 aliphatic heterocycles. The molecule has 0 spiro atoms. The van der Waals surface area contributed by atoms with Crippen molar-refractivity contribution >= 4 is 11.9 Å². The zero-order valence-electron chi connectivity index (χ0n) is 14.4. The van der Waals surface area contributed by atoms with Crippen LogP contribution >= 0.6 is 0 Å². The third-order valence-corrected chi connectivity index (χ3v) is 3.91. The summed E-state index contributed by atoms with van der Waals surface area (Å²) in [5, 5.41) is 9.36. The summed E-state index contributed by atoms with van der Waals surface area (Å²) in [5.74, 6) is -3.43. The predicted octanol–water partition coefficient (Wildman–Crippen LogP) is 5.21. The molecule has 2 aromatic rings. The van der Waals surface area contributed by atoms with E-state index < -0.39 is 23.6 Å². The number of aromatic carboxylic acids is 1. The van der Waals surface area contributed by atoms with Crippen LogP contribution in [0.1, 0.15) is 49.4 Å². The number of carbonyl (C=O) groups is 2. The Morgan fingerprint density at radius 3 is 2.46 bits per heavy atom. The molecule has 1 N–H and O–H groups in total. The highest BCUT2D eigenvalue weighted by molar-refractivity contribution is 5.93. The summed E-state index contributed by atoms with van der Waals surface area (Å²) < 4.78 is 32.1. The van der Waals surface area contributed by atoms with Crippen LogP contribution in [0.3, 0.4) is 0 Å². The fourth-order valence-electron chi connectivity index (χ4n) is 2.55. The molecule has 0 saturated carbocycles. The van der Waals surface area contributed by atoms with Crippen LogP contribution < -0.4 is 4.74 Å². The van der Waals surface area contributed by atoms with Gasteiger partial charge in [0.1, 0.15) is 22.9 Å². The molecule has 6 heteroatoms. The van der Waals surface area contributed by atoms with Gasteiger partial charge in [0.25, 0.3) is 0 Å². The van der Waals surface area contributed by atoms with Crippen LogP contribution in [0.4, 0.5) is 8.78 Å². The normalized spacial score (nSPS) is 10.6. The lowest BCUT2D eigenvalue weighted by atomic mass is 10.0. The number of hydrogen-bond acceptors (Lipinski definition) is 3. The second-order valence-electron chi connectivity index (χ2n) is 5.92. The highest BCUT2D eigenvalue weighted by Gasteiger charge is 2.17. The summed E-state index contributed by atoms with van der Waals surface area (Å²) in [6.45, 7) is 2.06. The fourth-order valence-corrected chi connectivity index (χ4v) is 2.55. The summed E-state index contributed by atoms with van der Waals surface area (Å²) in [6.07, 6.45) is 3.84. The first-order valence-electron chi connectivity index (χ1n) is 8.45. The largest absolute Gasteiger partial charge is 0.478 e. The summed E-state index contributed by atoms with van der Waals surface area (Å²) in [4.78, 5) is 23.4. The number of unbranched alkanes of at least 4 members (excludes halogenated alkanes) is 3. The fraction of sp³-hybridized carbons (Fsp3) is 0.300. The van der Waals surface area contributed by atoms with Crippen LogP contribution in [0.2, 0.25) is 0 Å². The van der Waals surface area contributed by atoms with Crippen LogP contribution in [0.5, 0.6) is 5.75 Å². The Labute approximate surface area is 150 Å². The highest BCUT2D eigenvalue weighted by atomic mass is 19.1. The molecule has 0 unspecified atom stereocenters. The molecule has 0 aliphatic carbocycles. The van der Waals surface area contributed by atoms with Crippen LogP contribution in [0.15, 0.2) is 36.4 Å². The number of carbonyl (C=O) groups excluding carboxylic acids is 1. The molecule has 0 heterocycles. The van der Waals surface area contributed by atoms with E-state index in [0.717, 1.165) is 31.4 Å². The molecule has 0 bridgehead atoms. The Balaban J connectivity index is 2.21. The molecule has 0 saturated heterocycles. The van der Waals surface area contributed by atoms with Gasteiger partial charge in [-0.1, -0.05) is 32.3 Å². The summed E-state index contributed by atoms with van der Waals surface area (Å²) >= 11 is 0. The molecular formula is C20H20F2O4. The predicted molar refractivity (Wildman–Crippen MR) is 93.1 cm³/mol. The lowest BCUT2D eigenvalue weighted by Gasteiger charge is -2.10. The quantitative estimate of drug-likeness (QED) is 0.398. The third-order valence-electron chi connectivity index (χ3n) is 3.91. The number of rotatable bonds is 8. The molecule has 2 rings (SSSR count). The van der Waals surface area contributed by atoms with Crippen molar-refractivity contribution in [1.82, 2.24) is 0 Å². The second-order valence-corrected chi connectivity index (χ2v) is 5.92. The average Bonchev–Trinajstić information content (AvgIpc) is 2.59. The molecule has 0 aromatic heterocycles. The van der Waals surface area contributed by atoms with Crippen LogP contribution in [0.25, 0.3) is 11.1 Å². The number of carboxylic acids is 1. The number of benzene rings is 2. The lowest BCUT2D eigenvalue weighted by Crippen LogP contribution is -2.11. The van der Waals surface area contributed by atoms with E-state index >= 15 is 0 Å². The molecule has 138 valence electrons. The van der Waals surface area contributed by atoms with Crippen molar-refractivity contribution in [3.63, 3.8) is 0 Å². The summed E-state index contributed by atoms with van der Waals surface area (Å²) in [7, 11) is 0. The molecule has 2 aromatic carbocycles. The molecule has 0 atom stereocenters.